The third kappa shape index (κ3) is 16.2. The van der Waals surface area contributed by atoms with Gasteiger partial charge < -0.3 is 5.32 Å². The topological polar surface area (TPSA) is 12.0 Å². The number of allylic oxidation sites excluding steroid dienone is 1. The Morgan fingerprint density at radius 3 is 1.43 bits per heavy atom. The first-order valence-electron chi connectivity index (χ1n) is 10.1. The van der Waals surface area contributed by atoms with Crippen LogP contribution in [-0.2, 0) is 0 Å². The maximum absolute atomic E-state index is 4.12. The SMILES string of the molecule is C=C(NCCCCCCCCCCCCC(C)(C)C)C(C)(C)C. The van der Waals surface area contributed by atoms with Crippen molar-refractivity contribution in [2.45, 2.75) is 112 Å². The molecule has 0 spiro atoms. The zero-order valence-corrected chi connectivity index (χ0v) is 17.2. The Balaban J connectivity index is 3.21. The molecule has 1 nitrogen and oxygen atoms in total. The van der Waals surface area contributed by atoms with Crippen molar-refractivity contribution in [2.75, 3.05) is 6.54 Å². The van der Waals surface area contributed by atoms with Gasteiger partial charge in [0.25, 0.3) is 0 Å². The predicted octanol–water partition coefficient (Wildman–Crippen LogP) is 7.47. The Labute approximate surface area is 147 Å². The highest BCUT2D eigenvalue weighted by atomic mass is 14.9. The maximum Gasteiger partial charge on any atom is 0.0143 e. The summed E-state index contributed by atoms with van der Waals surface area (Å²) in [4.78, 5) is 0. The van der Waals surface area contributed by atoms with E-state index >= 15 is 0 Å². The number of rotatable bonds is 13. The molecule has 0 rings (SSSR count). The highest BCUT2D eigenvalue weighted by Gasteiger charge is 2.13. The highest BCUT2D eigenvalue weighted by molar-refractivity contribution is 5.02. The van der Waals surface area contributed by atoms with Crippen LogP contribution in [0.3, 0.4) is 0 Å². The molecule has 0 heterocycles. The lowest BCUT2D eigenvalue weighted by atomic mass is 9.89. The predicted molar refractivity (Wildman–Crippen MR) is 107 cm³/mol. The molecule has 0 aliphatic carbocycles. The standard InChI is InChI=1S/C22H45N/c1-20(22(5,6)7)23-19-17-15-13-11-9-8-10-12-14-16-18-21(2,3)4/h23H,1,8-19H2,2-7H3. The fraction of sp³-hybridized carbons (Fsp3) is 0.909. The summed E-state index contributed by atoms with van der Waals surface area (Å²) < 4.78 is 0. The molecule has 0 aromatic rings. The summed E-state index contributed by atoms with van der Waals surface area (Å²) in [6.07, 6.45) is 15.4. The minimum absolute atomic E-state index is 0.187. The van der Waals surface area contributed by atoms with Crippen LogP contribution in [0.2, 0.25) is 0 Å². The van der Waals surface area contributed by atoms with Gasteiger partial charge >= 0.3 is 0 Å². The lowest BCUT2D eigenvalue weighted by Crippen LogP contribution is -2.24. The molecule has 0 unspecified atom stereocenters. The minimum Gasteiger partial charge on any atom is -0.388 e. The molecule has 0 aromatic heterocycles. The zero-order chi connectivity index (χ0) is 17.8. The molecule has 138 valence electrons. The van der Waals surface area contributed by atoms with Gasteiger partial charge in [-0.3, -0.25) is 0 Å². The molecular formula is C22H45N. The van der Waals surface area contributed by atoms with E-state index < -0.39 is 0 Å². The van der Waals surface area contributed by atoms with Gasteiger partial charge in [0, 0.05) is 17.7 Å². The molecule has 0 aromatic carbocycles. The normalized spacial score (nSPS) is 12.4. The van der Waals surface area contributed by atoms with E-state index in [2.05, 4.69) is 53.4 Å². The molecule has 0 bridgehead atoms. The highest BCUT2D eigenvalue weighted by Crippen LogP contribution is 2.23. The smallest absolute Gasteiger partial charge is 0.0143 e. The van der Waals surface area contributed by atoms with Crippen LogP contribution in [0.25, 0.3) is 0 Å². The van der Waals surface area contributed by atoms with E-state index in [-0.39, 0.29) is 5.41 Å². The molecule has 23 heavy (non-hydrogen) atoms. The van der Waals surface area contributed by atoms with E-state index in [1.54, 1.807) is 0 Å². The number of unbranched alkanes of at least 4 members (excludes halogenated alkanes) is 9. The Hall–Kier alpha value is -0.460. The van der Waals surface area contributed by atoms with Crippen molar-refractivity contribution in [3.8, 4) is 0 Å². The van der Waals surface area contributed by atoms with Gasteiger partial charge in [-0.05, 0) is 18.3 Å². The third-order valence-corrected chi connectivity index (χ3v) is 4.60. The van der Waals surface area contributed by atoms with Crippen LogP contribution in [0.1, 0.15) is 112 Å². The molecule has 0 aliphatic heterocycles. The summed E-state index contributed by atoms with van der Waals surface area (Å²) in [6.45, 7) is 18.9. The first-order chi connectivity index (χ1) is 10.6. The van der Waals surface area contributed by atoms with Crippen molar-refractivity contribution < 1.29 is 0 Å². The van der Waals surface area contributed by atoms with Gasteiger partial charge in [0.2, 0.25) is 0 Å². The Kier molecular flexibility index (Phi) is 11.7. The summed E-state index contributed by atoms with van der Waals surface area (Å²) in [5.74, 6) is 0. The van der Waals surface area contributed by atoms with Crippen LogP contribution in [0.4, 0.5) is 0 Å². The van der Waals surface area contributed by atoms with Crippen molar-refractivity contribution in [1.82, 2.24) is 5.32 Å². The van der Waals surface area contributed by atoms with E-state index in [4.69, 9.17) is 0 Å². The van der Waals surface area contributed by atoms with Crippen LogP contribution in [0.15, 0.2) is 12.3 Å². The zero-order valence-electron chi connectivity index (χ0n) is 17.2. The van der Waals surface area contributed by atoms with E-state index in [0.717, 1.165) is 6.54 Å². The molecule has 0 saturated heterocycles. The number of hydrogen-bond donors (Lipinski definition) is 1. The van der Waals surface area contributed by atoms with Crippen LogP contribution in [0, 0.1) is 10.8 Å². The van der Waals surface area contributed by atoms with E-state index in [9.17, 15) is 0 Å². The van der Waals surface area contributed by atoms with Crippen molar-refractivity contribution in [3.05, 3.63) is 12.3 Å². The lowest BCUT2D eigenvalue weighted by Gasteiger charge is -2.23. The quantitative estimate of drug-likeness (QED) is 0.346. The van der Waals surface area contributed by atoms with Gasteiger partial charge in [0.15, 0.2) is 0 Å². The van der Waals surface area contributed by atoms with E-state index in [0.29, 0.717) is 5.41 Å². The van der Waals surface area contributed by atoms with Gasteiger partial charge in [0.1, 0.15) is 0 Å². The van der Waals surface area contributed by atoms with Gasteiger partial charge in [-0.15, -0.1) is 0 Å². The van der Waals surface area contributed by atoms with Gasteiger partial charge in [-0.2, -0.15) is 0 Å². The summed E-state index contributed by atoms with van der Waals surface area (Å²) in [7, 11) is 0. The summed E-state index contributed by atoms with van der Waals surface area (Å²) in [5.41, 5.74) is 1.88. The molecule has 0 aliphatic rings. The van der Waals surface area contributed by atoms with Crippen molar-refractivity contribution in [3.63, 3.8) is 0 Å². The van der Waals surface area contributed by atoms with Crippen LogP contribution in [0.5, 0.6) is 0 Å². The molecule has 1 heteroatoms. The minimum atomic E-state index is 0.187. The van der Waals surface area contributed by atoms with Gasteiger partial charge in [-0.1, -0.05) is 106 Å². The first kappa shape index (κ1) is 22.5. The Morgan fingerprint density at radius 2 is 1.04 bits per heavy atom. The van der Waals surface area contributed by atoms with E-state index in [1.165, 1.54) is 76.3 Å². The lowest BCUT2D eigenvalue weighted by molar-refractivity contribution is 0.356. The molecule has 0 atom stereocenters. The third-order valence-electron chi connectivity index (χ3n) is 4.60. The van der Waals surface area contributed by atoms with Crippen molar-refractivity contribution in [1.29, 1.82) is 0 Å². The second-order valence-corrected chi connectivity index (χ2v) is 9.50. The number of hydrogen-bond acceptors (Lipinski definition) is 1. The van der Waals surface area contributed by atoms with Crippen molar-refractivity contribution >= 4 is 0 Å². The largest absolute Gasteiger partial charge is 0.388 e. The average molecular weight is 324 g/mol. The molecule has 0 amide bonds. The summed E-state index contributed by atoms with van der Waals surface area (Å²) >= 11 is 0. The number of nitrogens with one attached hydrogen (secondary N) is 1. The molecule has 0 radical (unpaired) electrons. The van der Waals surface area contributed by atoms with Crippen LogP contribution < -0.4 is 5.32 Å². The fourth-order valence-electron chi connectivity index (χ4n) is 2.70. The summed E-state index contributed by atoms with van der Waals surface area (Å²) in [6, 6.07) is 0. The first-order valence-corrected chi connectivity index (χ1v) is 10.1. The molecule has 1 N–H and O–H groups in total. The van der Waals surface area contributed by atoms with Gasteiger partial charge in [-0.25, -0.2) is 0 Å². The Bertz CT molecular complexity index is 290. The second kappa shape index (κ2) is 12.0. The average Bonchev–Trinajstić information content (AvgIpc) is 2.41. The second-order valence-electron chi connectivity index (χ2n) is 9.50. The van der Waals surface area contributed by atoms with Crippen LogP contribution >= 0.6 is 0 Å². The maximum atomic E-state index is 4.12. The van der Waals surface area contributed by atoms with Crippen LogP contribution in [-0.4, -0.2) is 6.54 Å². The van der Waals surface area contributed by atoms with Crippen molar-refractivity contribution in [2.24, 2.45) is 10.8 Å². The molecular weight excluding hydrogens is 278 g/mol. The molecule has 0 saturated carbocycles. The Morgan fingerprint density at radius 1 is 0.652 bits per heavy atom. The van der Waals surface area contributed by atoms with Gasteiger partial charge in [0.05, 0.1) is 0 Å². The monoisotopic (exact) mass is 323 g/mol. The van der Waals surface area contributed by atoms with E-state index in [1.807, 2.05) is 0 Å². The summed E-state index contributed by atoms with van der Waals surface area (Å²) in [5, 5.41) is 3.47. The fourth-order valence-corrected chi connectivity index (χ4v) is 2.70. The molecule has 0 fully saturated rings.